The zero-order valence-electron chi connectivity index (χ0n) is 15.4. The minimum Gasteiger partial charge on any atom is -0.427 e. The number of aryl methyl sites for hydroxylation is 1. The molecule has 0 saturated carbocycles. The van der Waals surface area contributed by atoms with Crippen LogP contribution in [0.15, 0.2) is 20.1 Å². The number of nitrogens with one attached hydrogen (secondary N) is 3. The lowest BCUT2D eigenvalue weighted by Crippen LogP contribution is -2.37. The van der Waals surface area contributed by atoms with E-state index in [4.69, 9.17) is 4.42 Å². The fraction of sp³-hybridized carbons (Fsp3) is 0.526. The molecule has 0 bridgehead atoms. The Labute approximate surface area is 155 Å². The topological polar surface area (TPSA) is 111 Å². The van der Waals surface area contributed by atoms with Gasteiger partial charge in [-0.15, -0.1) is 0 Å². The van der Waals surface area contributed by atoms with Gasteiger partial charge in [-0.1, -0.05) is 0 Å². The zero-order valence-corrected chi connectivity index (χ0v) is 15.4. The van der Waals surface area contributed by atoms with Crippen molar-refractivity contribution in [2.45, 2.75) is 38.5 Å². The molecule has 1 saturated heterocycles. The standard InChI is InChI=1S/C19H24N4O4/c1-11-9-15(12-3-2-6-20-10-12)27-19(26)16(11)18(25)23-7-4-13-14(5-8-23)21-22-17(13)24/h9,12,20H,2-8,10H2,1H3,(H2,21,22,24). The average molecular weight is 372 g/mol. The number of piperidine rings is 1. The van der Waals surface area contributed by atoms with Crippen LogP contribution in [0.4, 0.5) is 0 Å². The Balaban J connectivity index is 1.57. The van der Waals surface area contributed by atoms with Crippen molar-refractivity contribution in [2.24, 2.45) is 0 Å². The van der Waals surface area contributed by atoms with Crippen LogP contribution in [0.1, 0.15) is 51.7 Å². The van der Waals surface area contributed by atoms with E-state index in [0.717, 1.165) is 31.6 Å². The van der Waals surface area contributed by atoms with Crippen molar-refractivity contribution in [1.29, 1.82) is 0 Å². The molecule has 2 aliphatic heterocycles. The van der Waals surface area contributed by atoms with Gasteiger partial charge in [-0.25, -0.2) is 4.79 Å². The maximum atomic E-state index is 13.0. The molecule has 0 spiro atoms. The second kappa shape index (κ2) is 7.19. The van der Waals surface area contributed by atoms with Crippen LogP contribution >= 0.6 is 0 Å². The predicted molar refractivity (Wildman–Crippen MR) is 99.3 cm³/mol. The zero-order chi connectivity index (χ0) is 19.0. The van der Waals surface area contributed by atoms with Gasteiger partial charge < -0.3 is 19.7 Å². The van der Waals surface area contributed by atoms with Gasteiger partial charge >= 0.3 is 5.63 Å². The number of nitrogens with zero attached hydrogens (tertiary/aromatic N) is 1. The van der Waals surface area contributed by atoms with Gasteiger partial charge in [0, 0.05) is 43.2 Å². The number of carbonyl (C=O) groups is 1. The first-order valence-electron chi connectivity index (χ1n) is 9.47. The number of aromatic nitrogens is 2. The van der Waals surface area contributed by atoms with Gasteiger partial charge in [0.2, 0.25) is 0 Å². The van der Waals surface area contributed by atoms with Gasteiger partial charge in [0.05, 0.1) is 0 Å². The third-order valence-corrected chi connectivity index (χ3v) is 5.60. The number of H-pyrrole nitrogens is 2. The minimum atomic E-state index is -0.568. The van der Waals surface area contributed by atoms with Crippen molar-refractivity contribution < 1.29 is 9.21 Å². The summed E-state index contributed by atoms with van der Waals surface area (Å²) in [5.41, 5.74) is 1.56. The second-order valence-electron chi connectivity index (χ2n) is 7.37. The van der Waals surface area contributed by atoms with Gasteiger partial charge in [-0.3, -0.25) is 14.7 Å². The molecule has 8 heteroatoms. The van der Waals surface area contributed by atoms with E-state index in [2.05, 4.69) is 15.5 Å². The van der Waals surface area contributed by atoms with Crippen molar-refractivity contribution in [2.75, 3.05) is 26.2 Å². The van der Waals surface area contributed by atoms with Crippen LogP contribution in [-0.2, 0) is 12.8 Å². The van der Waals surface area contributed by atoms with E-state index in [-0.39, 0.29) is 22.9 Å². The molecule has 27 heavy (non-hydrogen) atoms. The van der Waals surface area contributed by atoms with Crippen LogP contribution in [0.5, 0.6) is 0 Å². The molecule has 4 heterocycles. The molecule has 0 aromatic carbocycles. The van der Waals surface area contributed by atoms with Crippen LogP contribution in [-0.4, -0.2) is 47.2 Å². The third-order valence-electron chi connectivity index (χ3n) is 5.60. The van der Waals surface area contributed by atoms with E-state index in [9.17, 15) is 14.4 Å². The molecule has 144 valence electrons. The van der Waals surface area contributed by atoms with E-state index < -0.39 is 5.63 Å². The summed E-state index contributed by atoms with van der Waals surface area (Å²) in [7, 11) is 0. The molecule has 2 aromatic heterocycles. The van der Waals surface area contributed by atoms with E-state index >= 15 is 0 Å². The Morgan fingerprint density at radius 2 is 2.04 bits per heavy atom. The highest BCUT2D eigenvalue weighted by molar-refractivity contribution is 5.95. The summed E-state index contributed by atoms with van der Waals surface area (Å²) in [6, 6.07) is 1.83. The Morgan fingerprint density at radius 1 is 1.22 bits per heavy atom. The first-order chi connectivity index (χ1) is 13.0. The highest BCUT2D eigenvalue weighted by atomic mass is 16.4. The summed E-state index contributed by atoms with van der Waals surface area (Å²) in [6.45, 7) is 4.41. The smallest absolute Gasteiger partial charge is 0.349 e. The highest BCUT2D eigenvalue weighted by Gasteiger charge is 2.27. The predicted octanol–water partition coefficient (Wildman–Crippen LogP) is 0.673. The highest BCUT2D eigenvalue weighted by Crippen LogP contribution is 2.24. The lowest BCUT2D eigenvalue weighted by atomic mass is 9.95. The summed E-state index contributed by atoms with van der Waals surface area (Å²) >= 11 is 0. The van der Waals surface area contributed by atoms with Crippen molar-refractivity contribution >= 4 is 5.91 Å². The molecule has 1 amide bonds. The van der Waals surface area contributed by atoms with Crippen molar-refractivity contribution in [3.05, 3.63) is 55.0 Å². The van der Waals surface area contributed by atoms with Crippen LogP contribution in [0.3, 0.4) is 0 Å². The third kappa shape index (κ3) is 3.37. The minimum absolute atomic E-state index is 0.0991. The molecule has 0 aliphatic carbocycles. The van der Waals surface area contributed by atoms with Crippen molar-refractivity contribution in [3.8, 4) is 0 Å². The van der Waals surface area contributed by atoms with Gasteiger partial charge in [0.1, 0.15) is 11.3 Å². The van der Waals surface area contributed by atoms with Gasteiger partial charge in [0.15, 0.2) is 0 Å². The second-order valence-corrected chi connectivity index (χ2v) is 7.37. The first kappa shape index (κ1) is 17.8. The molecule has 8 nitrogen and oxygen atoms in total. The van der Waals surface area contributed by atoms with E-state index in [1.807, 2.05) is 6.07 Å². The molecule has 4 rings (SSSR count). The Bertz CT molecular complexity index is 965. The average Bonchev–Trinajstić information content (AvgIpc) is 2.88. The molecule has 1 fully saturated rings. The van der Waals surface area contributed by atoms with Crippen LogP contribution in [0.25, 0.3) is 0 Å². The molecule has 1 unspecified atom stereocenters. The maximum Gasteiger partial charge on any atom is 0.349 e. The number of fused-ring (bicyclic) bond motifs is 1. The van der Waals surface area contributed by atoms with Crippen molar-refractivity contribution in [1.82, 2.24) is 20.4 Å². The monoisotopic (exact) mass is 372 g/mol. The van der Waals surface area contributed by atoms with E-state index in [0.29, 0.717) is 42.8 Å². The van der Waals surface area contributed by atoms with Crippen LogP contribution < -0.4 is 16.5 Å². The Kier molecular flexibility index (Phi) is 4.73. The van der Waals surface area contributed by atoms with Crippen LogP contribution in [0.2, 0.25) is 0 Å². The summed E-state index contributed by atoms with van der Waals surface area (Å²) in [5, 5.41) is 8.76. The number of hydrogen-bond donors (Lipinski definition) is 3. The van der Waals surface area contributed by atoms with Gasteiger partial charge in [0.25, 0.3) is 11.5 Å². The Hall–Kier alpha value is -2.61. The summed E-state index contributed by atoms with van der Waals surface area (Å²) in [5.74, 6) is 0.499. The number of amides is 1. The number of carbonyl (C=O) groups excluding carboxylic acids is 1. The fourth-order valence-electron chi connectivity index (χ4n) is 4.05. The molecule has 3 N–H and O–H groups in total. The van der Waals surface area contributed by atoms with E-state index in [1.165, 1.54) is 0 Å². The molecular formula is C19H24N4O4. The normalized spacial score (nSPS) is 20.2. The van der Waals surface area contributed by atoms with Gasteiger partial charge in [-0.05, 0) is 44.4 Å². The quantitative estimate of drug-likeness (QED) is 0.718. The molecule has 2 aromatic rings. The summed E-state index contributed by atoms with van der Waals surface area (Å²) in [6.07, 6.45) is 3.04. The molecule has 1 atom stereocenters. The van der Waals surface area contributed by atoms with Gasteiger partial charge in [-0.2, -0.15) is 0 Å². The summed E-state index contributed by atoms with van der Waals surface area (Å²) in [4.78, 5) is 39.0. The lowest BCUT2D eigenvalue weighted by Gasteiger charge is -2.23. The fourth-order valence-corrected chi connectivity index (χ4v) is 4.05. The first-order valence-corrected chi connectivity index (χ1v) is 9.47. The number of rotatable bonds is 2. The molecule has 2 aliphatic rings. The molecule has 0 radical (unpaired) electrons. The Morgan fingerprint density at radius 3 is 2.78 bits per heavy atom. The van der Waals surface area contributed by atoms with E-state index in [1.54, 1.807) is 11.8 Å². The van der Waals surface area contributed by atoms with Crippen LogP contribution in [0, 0.1) is 6.92 Å². The lowest BCUT2D eigenvalue weighted by molar-refractivity contribution is 0.0756. The maximum absolute atomic E-state index is 13.0. The molecular weight excluding hydrogens is 348 g/mol. The summed E-state index contributed by atoms with van der Waals surface area (Å²) < 4.78 is 5.53. The SMILES string of the molecule is Cc1cc(C2CCCNC2)oc(=O)c1C(=O)N1CCc2[nH][nH]c(=O)c2CC1. The van der Waals surface area contributed by atoms with Crippen molar-refractivity contribution in [3.63, 3.8) is 0 Å². The number of hydrogen-bond acceptors (Lipinski definition) is 5. The number of aromatic amines is 2. The largest absolute Gasteiger partial charge is 0.427 e.